The maximum Gasteiger partial charge on any atom is 0.264 e. The topological polar surface area (TPSA) is 70.0 Å². The predicted molar refractivity (Wildman–Crippen MR) is 103 cm³/mol. The van der Waals surface area contributed by atoms with Crippen molar-refractivity contribution in [2.75, 3.05) is 4.72 Å². The molecule has 0 spiro atoms. The summed E-state index contributed by atoms with van der Waals surface area (Å²) in [5.74, 6) is 0.520. The van der Waals surface area contributed by atoms with E-state index in [1.807, 2.05) is 0 Å². The molecule has 1 heterocycles. The molecular weight excluding hydrogens is 423 g/mol. The van der Waals surface area contributed by atoms with Gasteiger partial charge in [-0.3, -0.25) is 4.72 Å². The lowest BCUT2D eigenvalue weighted by atomic mass is 9.89. The summed E-state index contributed by atoms with van der Waals surface area (Å²) in [6, 6.07) is 4.62. The van der Waals surface area contributed by atoms with Crippen LogP contribution in [0.4, 0.5) is 5.00 Å². The number of hydrogen-bond acceptors (Lipinski definition) is 4. The smallest absolute Gasteiger partial charge is 0.264 e. The van der Waals surface area contributed by atoms with E-state index >= 15 is 0 Å². The number of anilines is 1. The van der Waals surface area contributed by atoms with Crippen molar-refractivity contribution in [1.82, 2.24) is 0 Å². The summed E-state index contributed by atoms with van der Waals surface area (Å²) in [4.78, 5) is 0.889. The number of sulfonamides is 1. The van der Waals surface area contributed by atoms with Gasteiger partial charge in [-0.15, -0.1) is 11.3 Å². The summed E-state index contributed by atoms with van der Waals surface area (Å²) in [6.45, 7) is 2.15. The predicted octanol–water partition coefficient (Wildman–Crippen LogP) is 5.51. The molecule has 2 aromatic rings. The molecule has 1 aromatic heterocycles. The van der Waals surface area contributed by atoms with Gasteiger partial charge in [0.05, 0.1) is 20.6 Å². The Morgan fingerprint density at radius 2 is 1.92 bits per heavy atom. The lowest BCUT2D eigenvalue weighted by Gasteiger charge is -2.17. The monoisotopic (exact) mass is 434 g/mol. The van der Waals surface area contributed by atoms with Crippen LogP contribution in [0, 0.1) is 17.2 Å². The van der Waals surface area contributed by atoms with Crippen LogP contribution in [0.5, 0.6) is 0 Å². The van der Waals surface area contributed by atoms with Gasteiger partial charge in [0.1, 0.15) is 16.0 Å². The van der Waals surface area contributed by atoms with E-state index in [2.05, 4.69) is 17.7 Å². The first-order chi connectivity index (χ1) is 11.7. The molecule has 1 aliphatic carbocycles. The van der Waals surface area contributed by atoms with Crippen LogP contribution in [0.1, 0.15) is 29.3 Å². The Labute approximate surface area is 165 Å². The molecule has 1 aliphatic rings. The summed E-state index contributed by atoms with van der Waals surface area (Å²) in [6.07, 6.45) is 2.62. The van der Waals surface area contributed by atoms with Gasteiger partial charge in [0, 0.05) is 4.88 Å². The number of nitriles is 1. The Morgan fingerprint density at radius 1 is 1.24 bits per heavy atom. The fourth-order valence-corrected chi connectivity index (χ4v) is 6.50. The summed E-state index contributed by atoms with van der Waals surface area (Å²) in [5.41, 5.74) is 1.34. The Bertz CT molecular complexity index is 994. The van der Waals surface area contributed by atoms with Gasteiger partial charge in [0.2, 0.25) is 0 Å². The van der Waals surface area contributed by atoms with Crippen molar-refractivity contribution in [3.63, 3.8) is 0 Å². The number of thiophene rings is 1. The second-order valence-electron chi connectivity index (χ2n) is 5.97. The van der Waals surface area contributed by atoms with E-state index in [1.165, 1.54) is 23.5 Å². The third-order valence-corrected chi connectivity index (χ3v) is 7.95. The lowest BCUT2D eigenvalue weighted by molar-refractivity contribution is 0.507. The third kappa shape index (κ3) is 3.62. The van der Waals surface area contributed by atoms with Crippen LogP contribution in [-0.2, 0) is 22.9 Å². The van der Waals surface area contributed by atoms with E-state index in [0.29, 0.717) is 16.5 Å². The molecule has 0 fully saturated rings. The highest BCUT2D eigenvalue weighted by atomic mass is 35.5. The first-order valence-corrected chi connectivity index (χ1v) is 10.9. The average molecular weight is 436 g/mol. The molecular formula is C16H13Cl3N2O2S2. The van der Waals surface area contributed by atoms with Crippen LogP contribution >= 0.6 is 46.1 Å². The molecule has 1 atom stereocenters. The molecule has 0 saturated carbocycles. The van der Waals surface area contributed by atoms with Gasteiger partial charge in [-0.05, 0) is 42.9 Å². The van der Waals surface area contributed by atoms with Crippen LogP contribution in [0.2, 0.25) is 15.1 Å². The Hall–Kier alpha value is -0.970. The zero-order chi connectivity index (χ0) is 18.4. The fraction of sp³-hybridized carbons (Fsp3) is 0.312. The van der Waals surface area contributed by atoms with Gasteiger partial charge < -0.3 is 0 Å². The minimum atomic E-state index is -3.99. The Kier molecular flexibility index (Phi) is 5.25. The largest absolute Gasteiger partial charge is 0.269 e. The number of nitrogens with one attached hydrogen (secondary N) is 1. The zero-order valence-corrected chi connectivity index (χ0v) is 17.0. The first-order valence-electron chi connectivity index (χ1n) is 7.45. The summed E-state index contributed by atoms with van der Waals surface area (Å²) in [7, 11) is -3.99. The molecule has 0 bridgehead atoms. The van der Waals surface area contributed by atoms with E-state index in [4.69, 9.17) is 34.8 Å². The number of rotatable bonds is 3. The number of fused-ring (bicyclic) bond motifs is 1. The summed E-state index contributed by atoms with van der Waals surface area (Å²) in [5, 5.41) is 10.0. The van der Waals surface area contributed by atoms with E-state index in [1.54, 1.807) is 0 Å². The van der Waals surface area contributed by atoms with Crippen LogP contribution in [-0.4, -0.2) is 8.42 Å². The summed E-state index contributed by atoms with van der Waals surface area (Å²) < 4.78 is 28.0. The van der Waals surface area contributed by atoms with Gasteiger partial charge >= 0.3 is 0 Å². The van der Waals surface area contributed by atoms with E-state index in [0.717, 1.165) is 29.7 Å². The minimum Gasteiger partial charge on any atom is -0.269 e. The second-order valence-corrected chi connectivity index (χ2v) is 9.95. The molecule has 1 N–H and O–H groups in total. The molecule has 25 heavy (non-hydrogen) atoms. The maximum atomic E-state index is 12.7. The van der Waals surface area contributed by atoms with Gasteiger partial charge in [0.25, 0.3) is 10.0 Å². The summed E-state index contributed by atoms with van der Waals surface area (Å²) >= 11 is 19.1. The van der Waals surface area contributed by atoms with Crippen molar-refractivity contribution in [3.8, 4) is 6.07 Å². The van der Waals surface area contributed by atoms with Crippen molar-refractivity contribution in [2.24, 2.45) is 5.92 Å². The van der Waals surface area contributed by atoms with Gasteiger partial charge in [-0.1, -0.05) is 41.7 Å². The highest BCUT2D eigenvalue weighted by Crippen LogP contribution is 2.41. The quantitative estimate of drug-likeness (QED) is 0.647. The van der Waals surface area contributed by atoms with E-state index in [-0.39, 0.29) is 20.0 Å². The standard InChI is InChI=1S/C16H13Cl3N2O2S2/c1-8-2-3-9-10(7-20)16(24-14(9)4-8)21-25(22,23)15-6-12(18)11(17)5-13(15)19/h5-6,8,21H,2-4H2,1H3. The normalized spacial score (nSPS) is 17.0. The van der Waals surface area contributed by atoms with E-state index < -0.39 is 10.0 Å². The van der Waals surface area contributed by atoms with Gasteiger partial charge in [-0.2, -0.15) is 5.26 Å². The lowest BCUT2D eigenvalue weighted by Crippen LogP contribution is -2.13. The second kappa shape index (κ2) is 6.98. The molecule has 0 amide bonds. The van der Waals surface area contributed by atoms with Gasteiger partial charge in [-0.25, -0.2) is 8.42 Å². The van der Waals surface area contributed by atoms with Crippen LogP contribution < -0.4 is 4.72 Å². The van der Waals surface area contributed by atoms with Crippen LogP contribution in [0.15, 0.2) is 17.0 Å². The molecule has 3 rings (SSSR count). The van der Waals surface area contributed by atoms with Crippen LogP contribution in [0.25, 0.3) is 0 Å². The van der Waals surface area contributed by atoms with Gasteiger partial charge in [0.15, 0.2) is 0 Å². The molecule has 1 unspecified atom stereocenters. The molecule has 4 nitrogen and oxygen atoms in total. The molecule has 9 heteroatoms. The maximum absolute atomic E-state index is 12.7. The Balaban J connectivity index is 2.03. The zero-order valence-electron chi connectivity index (χ0n) is 13.1. The molecule has 0 radical (unpaired) electrons. The third-order valence-electron chi connectivity index (χ3n) is 4.11. The highest BCUT2D eigenvalue weighted by molar-refractivity contribution is 7.93. The molecule has 1 aromatic carbocycles. The van der Waals surface area contributed by atoms with Crippen LogP contribution in [0.3, 0.4) is 0 Å². The van der Waals surface area contributed by atoms with Crippen molar-refractivity contribution in [1.29, 1.82) is 5.26 Å². The number of halogens is 3. The molecule has 0 aliphatic heterocycles. The van der Waals surface area contributed by atoms with Crippen molar-refractivity contribution < 1.29 is 8.42 Å². The number of benzene rings is 1. The Morgan fingerprint density at radius 3 is 2.60 bits per heavy atom. The van der Waals surface area contributed by atoms with Crippen molar-refractivity contribution >= 4 is 61.2 Å². The molecule has 132 valence electrons. The fourth-order valence-electron chi connectivity index (χ4n) is 2.83. The number of nitrogens with zero attached hydrogens (tertiary/aromatic N) is 1. The number of hydrogen-bond donors (Lipinski definition) is 1. The van der Waals surface area contributed by atoms with Crippen molar-refractivity contribution in [3.05, 3.63) is 43.2 Å². The minimum absolute atomic E-state index is 0.0321. The SMILES string of the molecule is CC1CCc2c(sc(NS(=O)(=O)c3cc(Cl)c(Cl)cc3Cl)c2C#N)C1. The van der Waals surface area contributed by atoms with Crippen molar-refractivity contribution in [2.45, 2.75) is 31.1 Å². The van der Waals surface area contributed by atoms with E-state index in [9.17, 15) is 13.7 Å². The average Bonchev–Trinajstić information content (AvgIpc) is 2.85. The first kappa shape index (κ1) is 18.8. The highest BCUT2D eigenvalue weighted by Gasteiger charge is 2.27. The molecule has 0 saturated heterocycles.